The minimum Gasteiger partial charge on any atom is -0.325 e. The number of benzene rings is 2. The van der Waals surface area contributed by atoms with E-state index in [-0.39, 0.29) is 18.4 Å². The van der Waals surface area contributed by atoms with E-state index in [0.717, 1.165) is 16.8 Å². The molecule has 0 radical (unpaired) electrons. The zero-order valence-electron chi connectivity index (χ0n) is 15.7. The van der Waals surface area contributed by atoms with Gasteiger partial charge in [0.05, 0.1) is 10.7 Å². The summed E-state index contributed by atoms with van der Waals surface area (Å²) >= 11 is 6.17. The number of hydrogen-bond acceptors (Lipinski definition) is 5. The van der Waals surface area contributed by atoms with Crippen molar-refractivity contribution in [1.29, 1.82) is 0 Å². The van der Waals surface area contributed by atoms with E-state index in [1.807, 2.05) is 32.0 Å². The largest absolute Gasteiger partial charge is 0.325 e. The van der Waals surface area contributed by atoms with E-state index in [4.69, 9.17) is 11.6 Å². The molecule has 0 bridgehead atoms. The topological polar surface area (TPSA) is 102 Å². The van der Waals surface area contributed by atoms with Gasteiger partial charge in [-0.25, -0.2) is 0 Å². The fraction of sp³-hybridized carbons (Fsp3) is 0.211. The van der Waals surface area contributed by atoms with Crippen molar-refractivity contribution in [3.05, 3.63) is 52.5 Å². The lowest BCUT2D eigenvalue weighted by Crippen LogP contribution is -2.20. The smallest absolute Gasteiger partial charge is 0.248 e. The molecule has 1 aromatic heterocycles. The van der Waals surface area contributed by atoms with Gasteiger partial charge in [-0.2, -0.15) is 4.80 Å². The second-order valence-electron chi connectivity index (χ2n) is 6.44. The zero-order valence-corrected chi connectivity index (χ0v) is 16.4. The molecule has 9 heteroatoms. The Morgan fingerprint density at radius 3 is 2.43 bits per heavy atom. The second kappa shape index (κ2) is 8.18. The highest BCUT2D eigenvalue weighted by molar-refractivity contribution is 6.34. The summed E-state index contributed by atoms with van der Waals surface area (Å²) in [5.74, 6) is -0.142. The number of rotatable bonds is 5. The van der Waals surface area contributed by atoms with Gasteiger partial charge in [-0.3, -0.25) is 9.59 Å². The number of hydrogen-bond donors (Lipinski definition) is 2. The predicted molar refractivity (Wildman–Crippen MR) is 107 cm³/mol. The Morgan fingerprint density at radius 2 is 1.79 bits per heavy atom. The number of carbonyl (C=O) groups excluding carboxylic acids is 2. The molecule has 8 nitrogen and oxygen atoms in total. The van der Waals surface area contributed by atoms with Gasteiger partial charge in [0.2, 0.25) is 17.6 Å². The van der Waals surface area contributed by atoms with Crippen molar-refractivity contribution in [3.63, 3.8) is 0 Å². The monoisotopic (exact) mass is 398 g/mol. The number of nitrogens with one attached hydrogen (secondary N) is 2. The Labute approximate surface area is 166 Å². The first-order chi connectivity index (χ1) is 13.3. The van der Waals surface area contributed by atoms with Crippen molar-refractivity contribution in [3.8, 4) is 11.4 Å². The van der Waals surface area contributed by atoms with Gasteiger partial charge in [0.1, 0.15) is 6.54 Å². The summed E-state index contributed by atoms with van der Waals surface area (Å²) in [6.45, 7) is 5.27. The molecule has 28 heavy (non-hydrogen) atoms. The molecule has 0 aliphatic carbocycles. The first-order valence-corrected chi connectivity index (χ1v) is 8.91. The van der Waals surface area contributed by atoms with Crippen LogP contribution in [0.1, 0.15) is 18.1 Å². The third kappa shape index (κ3) is 4.92. The summed E-state index contributed by atoms with van der Waals surface area (Å²) in [6, 6.07) is 10.8. The number of aryl methyl sites for hydroxylation is 2. The molecule has 0 aliphatic heterocycles. The van der Waals surface area contributed by atoms with Crippen LogP contribution in [0.2, 0.25) is 5.02 Å². The van der Waals surface area contributed by atoms with Crippen LogP contribution in [0.3, 0.4) is 0 Å². The molecule has 3 rings (SSSR count). The molecule has 0 atom stereocenters. The van der Waals surface area contributed by atoms with Gasteiger partial charge in [0.15, 0.2) is 0 Å². The lowest BCUT2D eigenvalue weighted by atomic mass is 10.1. The molecule has 2 amide bonds. The minimum absolute atomic E-state index is 0.0717. The van der Waals surface area contributed by atoms with Crippen LogP contribution < -0.4 is 10.6 Å². The van der Waals surface area contributed by atoms with Gasteiger partial charge >= 0.3 is 0 Å². The normalized spacial score (nSPS) is 10.6. The third-order valence-corrected chi connectivity index (χ3v) is 4.09. The van der Waals surface area contributed by atoms with Crippen LogP contribution >= 0.6 is 11.6 Å². The molecule has 0 unspecified atom stereocenters. The fourth-order valence-corrected chi connectivity index (χ4v) is 2.97. The lowest BCUT2D eigenvalue weighted by molar-refractivity contribution is -0.117. The summed E-state index contributed by atoms with van der Waals surface area (Å²) in [4.78, 5) is 24.6. The molecular formula is C19H19ClN6O2. The zero-order chi connectivity index (χ0) is 20.3. The quantitative estimate of drug-likeness (QED) is 0.687. The lowest BCUT2D eigenvalue weighted by Gasteiger charge is -2.07. The maximum Gasteiger partial charge on any atom is 0.248 e. The van der Waals surface area contributed by atoms with Crippen LogP contribution in [0.25, 0.3) is 11.4 Å². The first kappa shape index (κ1) is 19.5. The number of halogens is 1. The van der Waals surface area contributed by atoms with Crippen molar-refractivity contribution in [1.82, 2.24) is 20.2 Å². The van der Waals surface area contributed by atoms with Crippen molar-refractivity contribution < 1.29 is 9.59 Å². The van der Waals surface area contributed by atoms with Crippen molar-refractivity contribution >= 4 is 34.8 Å². The average Bonchev–Trinajstić information content (AvgIpc) is 3.03. The molecular weight excluding hydrogens is 380 g/mol. The first-order valence-electron chi connectivity index (χ1n) is 8.53. The van der Waals surface area contributed by atoms with Crippen molar-refractivity contribution in [2.24, 2.45) is 0 Å². The molecule has 0 aliphatic rings. The molecule has 2 aromatic carbocycles. The molecule has 0 fully saturated rings. The summed E-state index contributed by atoms with van der Waals surface area (Å²) < 4.78 is 0. The molecule has 2 N–H and O–H groups in total. The molecule has 1 heterocycles. The Hall–Kier alpha value is -3.26. The summed E-state index contributed by atoms with van der Waals surface area (Å²) in [6.07, 6.45) is 0. The molecule has 3 aromatic rings. The van der Waals surface area contributed by atoms with E-state index in [9.17, 15) is 9.59 Å². The second-order valence-corrected chi connectivity index (χ2v) is 6.85. The third-order valence-electron chi connectivity index (χ3n) is 3.78. The highest BCUT2D eigenvalue weighted by atomic mass is 35.5. The van der Waals surface area contributed by atoms with Gasteiger partial charge < -0.3 is 10.6 Å². The van der Waals surface area contributed by atoms with Gasteiger partial charge in [-0.15, -0.1) is 10.2 Å². The summed E-state index contributed by atoms with van der Waals surface area (Å²) in [5.41, 5.74) is 3.98. The summed E-state index contributed by atoms with van der Waals surface area (Å²) in [5, 5.41) is 17.9. The van der Waals surface area contributed by atoms with Crippen LogP contribution in [0, 0.1) is 13.8 Å². The van der Waals surface area contributed by atoms with Crippen molar-refractivity contribution in [2.75, 3.05) is 10.6 Å². The van der Waals surface area contributed by atoms with Crippen LogP contribution in [0.5, 0.6) is 0 Å². The highest BCUT2D eigenvalue weighted by Crippen LogP contribution is 2.26. The van der Waals surface area contributed by atoms with Gasteiger partial charge in [0.25, 0.3) is 0 Å². The number of tetrazole rings is 1. The number of aromatic nitrogens is 4. The van der Waals surface area contributed by atoms with E-state index < -0.39 is 0 Å². The summed E-state index contributed by atoms with van der Waals surface area (Å²) in [7, 11) is 0. The molecule has 0 spiro atoms. The van der Waals surface area contributed by atoms with E-state index >= 15 is 0 Å². The maximum atomic E-state index is 12.3. The number of carbonyl (C=O) groups is 2. The van der Waals surface area contributed by atoms with Crippen molar-refractivity contribution in [2.45, 2.75) is 27.3 Å². The Morgan fingerprint density at radius 1 is 1.07 bits per heavy atom. The van der Waals surface area contributed by atoms with E-state index in [2.05, 4.69) is 26.0 Å². The number of anilines is 2. The van der Waals surface area contributed by atoms with Crippen LogP contribution in [-0.2, 0) is 16.1 Å². The highest BCUT2D eigenvalue weighted by Gasteiger charge is 2.12. The Kier molecular flexibility index (Phi) is 5.70. The van der Waals surface area contributed by atoms with Gasteiger partial charge in [-0.1, -0.05) is 17.7 Å². The fourth-order valence-electron chi connectivity index (χ4n) is 2.75. The number of nitrogens with zero attached hydrogens (tertiary/aromatic N) is 4. The average molecular weight is 399 g/mol. The molecule has 0 saturated carbocycles. The predicted octanol–water partition coefficient (Wildman–Crippen LogP) is 3.21. The molecule has 144 valence electrons. The van der Waals surface area contributed by atoms with Crippen LogP contribution in [0.15, 0.2) is 36.4 Å². The van der Waals surface area contributed by atoms with E-state index in [1.165, 1.54) is 11.7 Å². The van der Waals surface area contributed by atoms with Crippen LogP contribution in [-0.4, -0.2) is 32.0 Å². The van der Waals surface area contributed by atoms with Crippen LogP contribution in [0.4, 0.5) is 11.4 Å². The van der Waals surface area contributed by atoms with E-state index in [0.29, 0.717) is 22.1 Å². The van der Waals surface area contributed by atoms with Gasteiger partial charge in [0, 0.05) is 18.2 Å². The minimum atomic E-state index is -0.256. The maximum absolute atomic E-state index is 12.3. The SMILES string of the molecule is CC(=O)Nc1ccc(-c2nnn(CC(=O)Nc3cc(C)cc(C)c3)n2)cc1Cl. The Balaban J connectivity index is 1.69. The Bertz CT molecular complexity index is 1030. The standard InChI is InChI=1S/C19H19ClN6O2/c1-11-6-12(2)8-15(7-11)22-18(28)10-26-24-19(23-25-26)14-4-5-17(16(20)9-14)21-13(3)27/h4-9H,10H2,1-3H3,(H,21,27)(H,22,28). The molecule has 0 saturated heterocycles. The number of amides is 2. The van der Waals surface area contributed by atoms with Gasteiger partial charge in [-0.05, 0) is 60.5 Å². The van der Waals surface area contributed by atoms with E-state index in [1.54, 1.807) is 18.2 Å².